The van der Waals surface area contributed by atoms with Crippen molar-refractivity contribution in [2.24, 2.45) is 0 Å². The van der Waals surface area contributed by atoms with Gasteiger partial charge >= 0.3 is 0 Å². The fraction of sp³-hybridized carbons (Fsp3) is 0.619. The first-order valence-electron chi connectivity index (χ1n) is 10.2. The lowest BCUT2D eigenvalue weighted by atomic mass is 9.92. The van der Waals surface area contributed by atoms with Gasteiger partial charge < -0.3 is 25.2 Å². The molecule has 1 aromatic carbocycles. The lowest BCUT2D eigenvalue weighted by Gasteiger charge is -2.28. The van der Waals surface area contributed by atoms with Crippen molar-refractivity contribution in [1.29, 1.82) is 0 Å². The standard InChI is InChI=1S/C21H30N2O5/c1-14(24)13-28-19-9-8-18(15-7-10-20(26)23-21(15)19)27-12-4-11-22-16-5-2-3-6-17(16)25/h8-9,16-17,22,25H,2-7,10-13H2,1H3,(H,23,26). The Hall–Kier alpha value is -2.12. The number of ketones is 1. The largest absolute Gasteiger partial charge is 0.493 e. The Labute approximate surface area is 165 Å². The van der Waals surface area contributed by atoms with Crippen LogP contribution < -0.4 is 20.1 Å². The maximum absolute atomic E-state index is 11.8. The average Bonchev–Trinajstić information content (AvgIpc) is 2.67. The zero-order valence-electron chi connectivity index (χ0n) is 16.5. The van der Waals surface area contributed by atoms with E-state index in [0.29, 0.717) is 30.9 Å². The van der Waals surface area contributed by atoms with Crippen LogP contribution >= 0.6 is 0 Å². The van der Waals surface area contributed by atoms with Crippen molar-refractivity contribution < 1.29 is 24.2 Å². The van der Waals surface area contributed by atoms with Crippen LogP contribution in [0.3, 0.4) is 0 Å². The third-order valence-corrected chi connectivity index (χ3v) is 5.24. The summed E-state index contributed by atoms with van der Waals surface area (Å²) in [7, 11) is 0. The molecule has 3 N–H and O–H groups in total. The number of carbonyl (C=O) groups excluding carboxylic acids is 2. The van der Waals surface area contributed by atoms with Crippen molar-refractivity contribution in [3.8, 4) is 11.5 Å². The molecular formula is C21H30N2O5. The Morgan fingerprint density at radius 1 is 1.21 bits per heavy atom. The summed E-state index contributed by atoms with van der Waals surface area (Å²) in [4.78, 5) is 23.0. The average molecular weight is 390 g/mol. The number of hydrogen-bond donors (Lipinski definition) is 3. The number of nitrogens with one attached hydrogen (secondary N) is 2. The van der Waals surface area contributed by atoms with Crippen molar-refractivity contribution >= 4 is 17.4 Å². The lowest BCUT2D eigenvalue weighted by Crippen LogP contribution is -2.42. The van der Waals surface area contributed by atoms with Crippen LogP contribution in [-0.2, 0) is 16.0 Å². The molecule has 2 atom stereocenters. The molecule has 1 amide bonds. The van der Waals surface area contributed by atoms with Crippen molar-refractivity contribution in [1.82, 2.24) is 5.32 Å². The van der Waals surface area contributed by atoms with Gasteiger partial charge in [-0.05, 0) is 51.3 Å². The van der Waals surface area contributed by atoms with E-state index in [1.165, 1.54) is 13.3 Å². The fourth-order valence-corrected chi connectivity index (χ4v) is 3.76. The summed E-state index contributed by atoms with van der Waals surface area (Å²) >= 11 is 0. The summed E-state index contributed by atoms with van der Waals surface area (Å²) in [5.41, 5.74) is 1.52. The topological polar surface area (TPSA) is 96.9 Å². The van der Waals surface area contributed by atoms with Gasteiger partial charge in [0.25, 0.3) is 0 Å². The number of amides is 1. The Bertz CT molecular complexity index is 706. The summed E-state index contributed by atoms with van der Waals surface area (Å²) in [6.45, 7) is 2.77. The third kappa shape index (κ3) is 5.45. The summed E-state index contributed by atoms with van der Waals surface area (Å²) in [5, 5.41) is 16.3. The minimum Gasteiger partial charge on any atom is -0.493 e. The molecule has 28 heavy (non-hydrogen) atoms. The first kappa shape index (κ1) is 20.6. The van der Waals surface area contributed by atoms with Gasteiger partial charge in [-0.25, -0.2) is 0 Å². The van der Waals surface area contributed by atoms with Gasteiger partial charge in [0, 0.05) is 18.0 Å². The van der Waals surface area contributed by atoms with Crippen LogP contribution in [0.1, 0.15) is 51.0 Å². The Morgan fingerprint density at radius 2 is 2.00 bits per heavy atom. The van der Waals surface area contributed by atoms with Gasteiger partial charge in [-0.1, -0.05) is 12.8 Å². The second-order valence-corrected chi connectivity index (χ2v) is 7.57. The number of benzene rings is 1. The number of fused-ring (bicyclic) bond motifs is 1. The quantitative estimate of drug-likeness (QED) is 0.560. The molecule has 1 saturated carbocycles. The number of aliphatic hydroxyl groups excluding tert-OH is 1. The van der Waals surface area contributed by atoms with E-state index in [1.807, 2.05) is 6.07 Å². The zero-order valence-corrected chi connectivity index (χ0v) is 16.5. The van der Waals surface area contributed by atoms with Crippen LogP contribution in [-0.4, -0.2) is 48.7 Å². The van der Waals surface area contributed by atoms with Crippen molar-refractivity contribution in [3.05, 3.63) is 17.7 Å². The molecule has 2 aliphatic rings. The number of anilines is 1. The molecule has 1 aliphatic carbocycles. The van der Waals surface area contributed by atoms with Crippen LogP contribution in [0.15, 0.2) is 12.1 Å². The summed E-state index contributed by atoms with van der Waals surface area (Å²) in [6.07, 6.45) is 5.75. The van der Waals surface area contributed by atoms with Crippen molar-refractivity contribution in [3.63, 3.8) is 0 Å². The molecule has 1 aliphatic heterocycles. The molecule has 0 aromatic heterocycles. The van der Waals surface area contributed by atoms with E-state index in [9.17, 15) is 14.7 Å². The van der Waals surface area contributed by atoms with Gasteiger partial charge in [0.1, 0.15) is 18.1 Å². The van der Waals surface area contributed by atoms with E-state index >= 15 is 0 Å². The lowest BCUT2D eigenvalue weighted by molar-refractivity contribution is -0.119. The number of rotatable bonds is 9. The van der Waals surface area contributed by atoms with E-state index in [2.05, 4.69) is 10.6 Å². The predicted octanol–water partition coefficient (Wildman–Crippen LogP) is 2.20. The number of hydrogen-bond acceptors (Lipinski definition) is 6. The summed E-state index contributed by atoms with van der Waals surface area (Å²) < 4.78 is 11.5. The smallest absolute Gasteiger partial charge is 0.224 e. The molecular weight excluding hydrogens is 360 g/mol. The minimum atomic E-state index is -0.243. The number of ether oxygens (including phenoxy) is 2. The molecule has 2 unspecified atom stereocenters. The van der Waals surface area contributed by atoms with Gasteiger partial charge in [0.05, 0.1) is 18.4 Å². The van der Waals surface area contributed by atoms with Crippen LogP contribution in [0.4, 0.5) is 5.69 Å². The maximum atomic E-state index is 11.8. The summed E-state index contributed by atoms with van der Waals surface area (Å²) in [5.74, 6) is 1.10. The van der Waals surface area contributed by atoms with Crippen LogP contribution in [0.5, 0.6) is 11.5 Å². The molecule has 154 valence electrons. The van der Waals surface area contributed by atoms with E-state index in [0.717, 1.165) is 43.5 Å². The zero-order chi connectivity index (χ0) is 19.9. The monoisotopic (exact) mass is 390 g/mol. The maximum Gasteiger partial charge on any atom is 0.224 e. The van der Waals surface area contributed by atoms with E-state index in [4.69, 9.17) is 9.47 Å². The van der Waals surface area contributed by atoms with Crippen molar-refractivity contribution in [2.45, 2.75) is 64.0 Å². The van der Waals surface area contributed by atoms with Crippen LogP contribution in [0, 0.1) is 0 Å². The molecule has 0 saturated heterocycles. The van der Waals surface area contributed by atoms with Crippen molar-refractivity contribution in [2.75, 3.05) is 25.1 Å². The van der Waals surface area contributed by atoms with Gasteiger partial charge in [0.15, 0.2) is 5.78 Å². The predicted molar refractivity (Wildman–Crippen MR) is 106 cm³/mol. The Balaban J connectivity index is 1.54. The second kappa shape index (κ2) is 9.89. The fourth-order valence-electron chi connectivity index (χ4n) is 3.76. The molecule has 7 nitrogen and oxygen atoms in total. The number of carbonyl (C=O) groups is 2. The molecule has 7 heteroatoms. The normalized spacial score (nSPS) is 21.6. The Kier molecular flexibility index (Phi) is 7.28. The van der Waals surface area contributed by atoms with Gasteiger partial charge in [-0.2, -0.15) is 0 Å². The molecule has 3 rings (SSSR count). The van der Waals surface area contributed by atoms with Gasteiger partial charge in [0.2, 0.25) is 5.91 Å². The molecule has 1 heterocycles. The second-order valence-electron chi connectivity index (χ2n) is 7.57. The molecule has 0 radical (unpaired) electrons. The molecule has 1 aromatic rings. The third-order valence-electron chi connectivity index (χ3n) is 5.24. The van der Waals surface area contributed by atoms with Gasteiger partial charge in [-0.3, -0.25) is 9.59 Å². The first-order valence-corrected chi connectivity index (χ1v) is 10.2. The van der Waals surface area contributed by atoms with E-state index in [-0.39, 0.29) is 30.4 Å². The highest BCUT2D eigenvalue weighted by molar-refractivity contribution is 5.96. The van der Waals surface area contributed by atoms with Gasteiger partial charge in [-0.15, -0.1) is 0 Å². The first-order chi connectivity index (χ1) is 13.5. The highest BCUT2D eigenvalue weighted by Gasteiger charge is 2.24. The SMILES string of the molecule is CC(=O)COc1ccc(OCCCNC2CCCCC2O)c2c1NC(=O)CC2. The van der Waals surface area contributed by atoms with Crippen LogP contribution in [0.25, 0.3) is 0 Å². The van der Waals surface area contributed by atoms with Crippen LogP contribution in [0.2, 0.25) is 0 Å². The van der Waals surface area contributed by atoms with E-state index < -0.39 is 0 Å². The molecule has 0 spiro atoms. The molecule has 0 bridgehead atoms. The Morgan fingerprint density at radius 3 is 2.79 bits per heavy atom. The highest BCUT2D eigenvalue weighted by Crippen LogP contribution is 2.38. The number of aliphatic hydroxyl groups is 1. The minimum absolute atomic E-state index is 0.0266. The van der Waals surface area contributed by atoms with E-state index in [1.54, 1.807) is 6.07 Å². The summed E-state index contributed by atoms with van der Waals surface area (Å²) in [6, 6.07) is 3.76. The highest BCUT2D eigenvalue weighted by atomic mass is 16.5. The number of Topliss-reactive ketones (excluding diaryl/α,β-unsaturated/α-hetero) is 1. The molecule has 1 fully saturated rings.